The molecule has 1 rings (SSSR count). The molecule has 0 saturated carbocycles. The summed E-state index contributed by atoms with van der Waals surface area (Å²) in [6.45, 7) is 6.48. The maximum absolute atomic E-state index is 5.59. The van der Waals surface area contributed by atoms with Crippen molar-refractivity contribution in [3.8, 4) is 0 Å². The lowest BCUT2D eigenvalue weighted by molar-refractivity contribution is 1.06. The van der Waals surface area contributed by atoms with E-state index >= 15 is 0 Å². The van der Waals surface area contributed by atoms with E-state index in [9.17, 15) is 0 Å². The summed E-state index contributed by atoms with van der Waals surface area (Å²) in [5, 5.41) is 6.50. The van der Waals surface area contributed by atoms with Gasteiger partial charge in [-0.2, -0.15) is 0 Å². The molecule has 0 spiro atoms. The van der Waals surface area contributed by atoms with Gasteiger partial charge in [0.2, 0.25) is 0 Å². The monoisotopic (exact) mass is 192 g/mol. The number of benzene rings is 1. The Bertz CT molecular complexity index is 260. The van der Waals surface area contributed by atoms with Crippen molar-refractivity contribution in [2.45, 2.75) is 20.4 Å². The van der Waals surface area contributed by atoms with Gasteiger partial charge < -0.3 is 16.4 Å². The van der Waals surface area contributed by atoms with Gasteiger partial charge in [-0.15, -0.1) is 0 Å². The first kappa shape index (κ1) is 10.9. The standard InChI is InChI=1S/C11H18N3/c1-3-13-10-5-9(8-12)6-11(7-10)14-4-2/h5,7,13-14H,3-4,8,12H2,1-2H3. The first-order chi connectivity index (χ1) is 6.80. The lowest BCUT2D eigenvalue weighted by Crippen LogP contribution is -2.04. The molecule has 4 N–H and O–H groups in total. The largest absolute Gasteiger partial charge is 0.385 e. The number of rotatable bonds is 5. The third kappa shape index (κ3) is 2.92. The first-order valence-corrected chi connectivity index (χ1v) is 5.04. The topological polar surface area (TPSA) is 50.1 Å². The fourth-order valence-corrected chi connectivity index (χ4v) is 1.33. The minimum absolute atomic E-state index is 0.525. The second-order valence-electron chi connectivity index (χ2n) is 3.07. The van der Waals surface area contributed by atoms with Gasteiger partial charge in [-0.25, -0.2) is 0 Å². The maximum atomic E-state index is 5.59. The summed E-state index contributed by atoms with van der Waals surface area (Å²) < 4.78 is 0. The summed E-state index contributed by atoms with van der Waals surface area (Å²) in [4.78, 5) is 0. The van der Waals surface area contributed by atoms with Crippen LogP contribution in [-0.4, -0.2) is 13.1 Å². The normalized spacial score (nSPS) is 9.93. The summed E-state index contributed by atoms with van der Waals surface area (Å²) in [6.07, 6.45) is 0. The van der Waals surface area contributed by atoms with Crippen molar-refractivity contribution < 1.29 is 0 Å². The number of nitrogens with one attached hydrogen (secondary N) is 2. The molecule has 0 aromatic heterocycles. The molecule has 1 radical (unpaired) electrons. The highest BCUT2D eigenvalue weighted by molar-refractivity contribution is 5.58. The van der Waals surface area contributed by atoms with Crippen LogP contribution in [0.25, 0.3) is 0 Å². The van der Waals surface area contributed by atoms with Gasteiger partial charge in [-0.3, -0.25) is 0 Å². The van der Waals surface area contributed by atoms with Crippen molar-refractivity contribution in [2.24, 2.45) is 5.73 Å². The van der Waals surface area contributed by atoms with Gasteiger partial charge in [0.15, 0.2) is 0 Å². The van der Waals surface area contributed by atoms with E-state index in [1.165, 1.54) is 0 Å². The van der Waals surface area contributed by atoms with Crippen molar-refractivity contribution in [1.82, 2.24) is 0 Å². The Morgan fingerprint density at radius 3 is 2.50 bits per heavy atom. The zero-order valence-electron chi connectivity index (χ0n) is 8.85. The third-order valence-corrected chi connectivity index (χ3v) is 1.89. The second kappa shape index (κ2) is 5.50. The molecule has 0 aliphatic heterocycles. The van der Waals surface area contributed by atoms with Gasteiger partial charge in [0.1, 0.15) is 0 Å². The van der Waals surface area contributed by atoms with Crippen LogP contribution in [-0.2, 0) is 6.54 Å². The van der Waals surface area contributed by atoms with E-state index in [4.69, 9.17) is 5.73 Å². The van der Waals surface area contributed by atoms with E-state index in [0.29, 0.717) is 6.54 Å². The first-order valence-electron chi connectivity index (χ1n) is 5.04. The minimum atomic E-state index is 0.525. The molecule has 0 aliphatic carbocycles. The summed E-state index contributed by atoms with van der Waals surface area (Å²) in [7, 11) is 0. The molecule has 0 unspecified atom stereocenters. The van der Waals surface area contributed by atoms with Gasteiger partial charge >= 0.3 is 0 Å². The van der Waals surface area contributed by atoms with E-state index in [0.717, 1.165) is 30.0 Å². The fraction of sp³-hybridized carbons (Fsp3) is 0.455. The molecular weight excluding hydrogens is 174 g/mol. The molecule has 0 heterocycles. The molecule has 1 aromatic carbocycles. The minimum Gasteiger partial charge on any atom is -0.385 e. The van der Waals surface area contributed by atoms with Gasteiger partial charge in [0.05, 0.1) is 0 Å². The Labute approximate surface area is 85.7 Å². The molecule has 0 fully saturated rings. The molecule has 0 aliphatic rings. The van der Waals surface area contributed by atoms with Crippen LogP contribution in [0.3, 0.4) is 0 Å². The summed E-state index contributed by atoms with van der Waals surface area (Å²) in [5.41, 5.74) is 8.73. The highest BCUT2D eigenvalue weighted by Gasteiger charge is 1.98. The van der Waals surface area contributed by atoms with Crippen molar-refractivity contribution in [1.29, 1.82) is 0 Å². The number of anilines is 2. The van der Waals surface area contributed by atoms with Crippen molar-refractivity contribution in [3.05, 3.63) is 23.8 Å². The lowest BCUT2D eigenvalue weighted by atomic mass is 10.1. The van der Waals surface area contributed by atoms with Crippen LogP contribution >= 0.6 is 0 Å². The van der Waals surface area contributed by atoms with Crippen LogP contribution in [0, 0.1) is 6.07 Å². The SMILES string of the molecule is CCNc1[c]c(CN)cc(NCC)c1. The van der Waals surface area contributed by atoms with Crippen LogP contribution in [0.2, 0.25) is 0 Å². The lowest BCUT2D eigenvalue weighted by Gasteiger charge is -2.09. The molecule has 0 atom stereocenters. The predicted molar refractivity (Wildman–Crippen MR) is 61.5 cm³/mol. The van der Waals surface area contributed by atoms with E-state index in [1.54, 1.807) is 0 Å². The molecule has 3 nitrogen and oxygen atoms in total. The number of nitrogens with two attached hydrogens (primary N) is 1. The summed E-state index contributed by atoms with van der Waals surface area (Å²) in [5.74, 6) is 0. The van der Waals surface area contributed by atoms with Gasteiger partial charge in [0, 0.05) is 37.1 Å². The number of hydrogen-bond donors (Lipinski definition) is 3. The van der Waals surface area contributed by atoms with E-state index in [1.807, 2.05) is 12.1 Å². The van der Waals surface area contributed by atoms with E-state index in [2.05, 4.69) is 30.5 Å². The Hall–Kier alpha value is -1.22. The van der Waals surface area contributed by atoms with Crippen LogP contribution < -0.4 is 16.4 Å². The van der Waals surface area contributed by atoms with Gasteiger partial charge in [-0.05, 0) is 31.5 Å². The highest BCUT2D eigenvalue weighted by atomic mass is 14.9. The second-order valence-corrected chi connectivity index (χ2v) is 3.07. The number of hydrogen-bond acceptors (Lipinski definition) is 3. The third-order valence-electron chi connectivity index (χ3n) is 1.89. The zero-order chi connectivity index (χ0) is 10.4. The Morgan fingerprint density at radius 1 is 1.21 bits per heavy atom. The predicted octanol–water partition coefficient (Wildman–Crippen LogP) is 1.81. The van der Waals surface area contributed by atoms with Crippen molar-refractivity contribution in [2.75, 3.05) is 23.7 Å². The highest BCUT2D eigenvalue weighted by Crippen LogP contribution is 2.17. The van der Waals surface area contributed by atoms with Crippen LogP contribution in [0.4, 0.5) is 11.4 Å². The zero-order valence-corrected chi connectivity index (χ0v) is 8.85. The maximum Gasteiger partial charge on any atom is 0.0444 e. The molecule has 3 heteroatoms. The van der Waals surface area contributed by atoms with Gasteiger partial charge in [0.25, 0.3) is 0 Å². The summed E-state index contributed by atoms with van der Waals surface area (Å²) >= 11 is 0. The summed E-state index contributed by atoms with van der Waals surface area (Å²) in [6, 6.07) is 7.30. The molecule has 0 bridgehead atoms. The Morgan fingerprint density at radius 2 is 1.93 bits per heavy atom. The van der Waals surface area contributed by atoms with Crippen LogP contribution in [0.5, 0.6) is 0 Å². The Balaban J connectivity index is 2.88. The Kier molecular flexibility index (Phi) is 4.26. The smallest absolute Gasteiger partial charge is 0.0444 e. The van der Waals surface area contributed by atoms with Crippen molar-refractivity contribution >= 4 is 11.4 Å². The average Bonchev–Trinajstić information content (AvgIpc) is 2.18. The molecule has 1 aromatic rings. The average molecular weight is 192 g/mol. The quantitative estimate of drug-likeness (QED) is 0.667. The molecule has 0 amide bonds. The fourth-order valence-electron chi connectivity index (χ4n) is 1.33. The van der Waals surface area contributed by atoms with Gasteiger partial charge in [-0.1, -0.05) is 0 Å². The van der Waals surface area contributed by atoms with E-state index < -0.39 is 0 Å². The van der Waals surface area contributed by atoms with Crippen molar-refractivity contribution in [3.63, 3.8) is 0 Å². The molecule has 0 saturated heterocycles. The molecule has 77 valence electrons. The van der Waals surface area contributed by atoms with Crippen LogP contribution in [0.15, 0.2) is 12.1 Å². The van der Waals surface area contributed by atoms with Crippen LogP contribution in [0.1, 0.15) is 19.4 Å². The molecule has 14 heavy (non-hydrogen) atoms. The van der Waals surface area contributed by atoms with E-state index in [-0.39, 0.29) is 0 Å². The molecular formula is C11H18N3.